The van der Waals surface area contributed by atoms with Crippen LogP contribution in [0.3, 0.4) is 0 Å². The molecule has 3 aromatic rings. The number of thiophene rings is 1. The van der Waals surface area contributed by atoms with E-state index in [1.54, 1.807) is 43.5 Å². The monoisotopic (exact) mass is 430 g/mol. The number of nitrogens with one attached hydrogen (secondary N) is 1. The topological polar surface area (TPSA) is 125 Å². The van der Waals surface area contributed by atoms with Crippen LogP contribution in [-0.2, 0) is 4.74 Å². The molecule has 0 aliphatic carbocycles. The van der Waals surface area contributed by atoms with Crippen LogP contribution in [0.15, 0.2) is 18.3 Å². The third kappa shape index (κ3) is 3.73. The number of amides is 2. The molecule has 0 aromatic carbocycles. The molecular weight excluding hydrogens is 408 g/mol. The average molecular weight is 430 g/mol. The van der Waals surface area contributed by atoms with Crippen LogP contribution in [0, 0.1) is 13.8 Å². The Balaban J connectivity index is 2.06. The van der Waals surface area contributed by atoms with Crippen molar-refractivity contribution in [2.75, 3.05) is 18.5 Å². The summed E-state index contributed by atoms with van der Waals surface area (Å²) < 4.78 is 12.3. The minimum atomic E-state index is -0.684. The van der Waals surface area contributed by atoms with Gasteiger partial charge in [0.2, 0.25) is 0 Å². The fraction of sp³-hybridized carbons (Fsp3) is 0.300. The SMILES string of the molecule is CCOC(=O)c1c(NC(=O)c2c(C)nc3c(OCC)cccn23)sc(C(N)=O)c1C. The third-order valence-corrected chi connectivity index (χ3v) is 5.60. The van der Waals surface area contributed by atoms with E-state index in [9.17, 15) is 14.4 Å². The Morgan fingerprint density at radius 2 is 1.97 bits per heavy atom. The number of esters is 1. The molecule has 0 fully saturated rings. The lowest BCUT2D eigenvalue weighted by Crippen LogP contribution is -2.17. The second-order valence-corrected chi connectivity index (χ2v) is 7.36. The van der Waals surface area contributed by atoms with E-state index in [-0.39, 0.29) is 27.7 Å². The Morgan fingerprint density at radius 1 is 1.23 bits per heavy atom. The van der Waals surface area contributed by atoms with Crippen molar-refractivity contribution in [3.05, 3.63) is 45.7 Å². The number of fused-ring (bicyclic) bond motifs is 1. The first kappa shape index (κ1) is 21.3. The number of hydrogen-bond donors (Lipinski definition) is 2. The van der Waals surface area contributed by atoms with E-state index in [1.807, 2.05) is 6.92 Å². The van der Waals surface area contributed by atoms with Gasteiger partial charge in [-0.3, -0.25) is 14.0 Å². The van der Waals surface area contributed by atoms with Gasteiger partial charge in [0, 0.05) is 6.20 Å². The molecule has 0 saturated heterocycles. The number of hydrogen-bond acceptors (Lipinski definition) is 7. The maximum Gasteiger partial charge on any atom is 0.341 e. The smallest absolute Gasteiger partial charge is 0.341 e. The van der Waals surface area contributed by atoms with Crippen molar-refractivity contribution in [1.82, 2.24) is 9.38 Å². The number of carbonyl (C=O) groups is 3. The summed E-state index contributed by atoms with van der Waals surface area (Å²) in [7, 11) is 0. The lowest BCUT2D eigenvalue weighted by atomic mass is 10.1. The molecule has 9 nitrogen and oxygen atoms in total. The summed E-state index contributed by atoms with van der Waals surface area (Å²) >= 11 is 0.935. The van der Waals surface area contributed by atoms with Gasteiger partial charge in [0.15, 0.2) is 11.4 Å². The van der Waals surface area contributed by atoms with Crippen LogP contribution < -0.4 is 15.8 Å². The largest absolute Gasteiger partial charge is 0.490 e. The van der Waals surface area contributed by atoms with Crippen LogP contribution in [-0.4, -0.2) is 40.4 Å². The van der Waals surface area contributed by atoms with Crippen LogP contribution >= 0.6 is 11.3 Å². The van der Waals surface area contributed by atoms with Gasteiger partial charge in [0.1, 0.15) is 10.7 Å². The van der Waals surface area contributed by atoms with Gasteiger partial charge in [-0.25, -0.2) is 9.78 Å². The second-order valence-electron chi connectivity index (χ2n) is 6.34. The number of carbonyl (C=O) groups excluding carboxylic acids is 3. The maximum absolute atomic E-state index is 13.1. The zero-order chi connectivity index (χ0) is 22.0. The van der Waals surface area contributed by atoms with Crippen LogP contribution in [0.25, 0.3) is 5.65 Å². The van der Waals surface area contributed by atoms with Crippen molar-refractivity contribution in [1.29, 1.82) is 0 Å². The number of aryl methyl sites for hydroxylation is 1. The molecule has 3 rings (SSSR count). The number of pyridine rings is 1. The number of rotatable bonds is 7. The highest BCUT2D eigenvalue weighted by Crippen LogP contribution is 2.34. The van der Waals surface area contributed by atoms with Crippen molar-refractivity contribution < 1.29 is 23.9 Å². The van der Waals surface area contributed by atoms with Crippen molar-refractivity contribution in [3.63, 3.8) is 0 Å². The van der Waals surface area contributed by atoms with E-state index < -0.39 is 17.8 Å². The van der Waals surface area contributed by atoms with Gasteiger partial charge >= 0.3 is 5.97 Å². The summed E-state index contributed by atoms with van der Waals surface area (Å²) in [6, 6.07) is 3.52. The summed E-state index contributed by atoms with van der Waals surface area (Å²) in [6.45, 7) is 7.44. The predicted molar refractivity (Wildman–Crippen MR) is 113 cm³/mol. The average Bonchev–Trinajstić information content (AvgIpc) is 3.19. The van der Waals surface area contributed by atoms with E-state index in [0.717, 1.165) is 11.3 Å². The normalized spacial score (nSPS) is 10.8. The number of nitrogens with zero attached hydrogens (tertiary/aromatic N) is 2. The Hall–Kier alpha value is -3.40. The van der Waals surface area contributed by atoms with Gasteiger partial charge in [0.05, 0.1) is 29.3 Å². The first-order valence-corrected chi connectivity index (χ1v) is 10.1. The van der Waals surface area contributed by atoms with E-state index in [4.69, 9.17) is 15.2 Å². The predicted octanol–water partition coefficient (Wildman–Crippen LogP) is 2.94. The zero-order valence-electron chi connectivity index (χ0n) is 17.1. The van der Waals surface area contributed by atoms with Crippen molar-refractivity contribution in [3.8, 4) is 5.75 Å². The third-order valence-electron chi connectivity index (χ3n) is 4.38. The minimum Gasteiger partial charge on any atom is -0.490 e. The van der Waals surface area contributed by atoms with Crippen LogP contribution in [0.1, 0.15) is 55.6 Å². The summed E-state index contributed by atoms with van der Waals surface area (Å²) in [5.74, 6) is -1.26. The van der Waals surface area contributed by atoms with Crippen LogP contribution in [0.4, 0.5) is 5.00 Å². The van der Waals surface area contributed by atoms with Crippen LogP contribution in [0.2, 0.25) is 0 Å². The summed E-state index contributed by atoms with van der Waals surface area (Å²) in [5, 5.41) is 2.92. The van der Waals surface area contributed by atoms with Crippen molar-refractivity contribution >= 4 is 39.8 Å². The maximum atomic E-state index is 13.1. The quantitative estimate of drug-likeness (QED) is 0.555. The molecule has 0 spiro atoms. The highest BCUT2D eigenvalue weighted by atomic mass is 32.1. The number of nitrogens with two attached hydrogens (primary N) is 1. The Morgan fingerprint density at radius 3 is 2.60 bits per heavy atom. The highest BCUT2D eigenvalue weighted by Gasteiger charge is 2.27. The van der Waals surface area contributed by atoms with E-state index in [1.165, 1.54) is 0 Å². The highest BCUT2D eigenvalue weighted by molar-refractivity contribution is 7.18. The molecule has 3 N–H and O–H groups in total. The molecular formula is C20H22N4O5S. The van der Waals surface area contributed by atoms with Gasteiger partial charge in [-0.2, -0.15) is 0 Å². The summed E-state index contributed by atoms with van der Waals surface area (Å²) in [4.78, 5) is 41.9. The number of primary amides is 1. The number of anilines is 1. The van der Waals surface area contributed by atoms with E-state index in [2.05, 4.69) is 10.3 Å². The van der Waals surface area contributed by atoms with Crippen molar-refractivity contribution in [2.24, 2.45) is 5.73 Å². The van der Waals surface area contributed by atoms with Crippen molar-refractivity contribution in [2.45, 2.75) is 27.7 Å². The second kappa shape index (κ2) is 8.54. The van der Waals surface area contributed by atoms with Gasteiger partial charge < -0.3 is 20.5 Å². The molecule has 0 aliphatic rings. The summed E-state index contributed by atoms with van der Waals surface area (Å²) in [6.07, 6.45) is 1.70. The molecule has 158 valence electrons. The first-order chi connectivity index (χ1) is 14.3. The Labute approximate surface area is 176 Å². The molecule has 0 atom stereocenters. The minimum absolute atomic E-state index is 0.116. The Bertz CT molecular complexity index is 1150. The van der Waals surface area contributed by atoms with Gasteiger partial charge in [-0.05, 0) is 45.4 Å². The molecule has 0 aliphatic heterocycles. The molecule has 3 heterocycles. The lowest BCUT2D eigenvalue weighted by molar-refractivity contribution is 0.0527. The van der Waals surface area contributed by atoms with Gasteiger partial charge in [-0.15, -0.1) is 11.3 Å². The first-order valence-electron chi connectivity index (χ1n) is 9.32. The molecule has 0 bridgehead atoms. The molecule has 10 heteroatoms. The number of imidazole rings is 1. The van der Waals surface area contributed by atoms with Gasteiger partial charge in [0.25, 0.3) is 11.8 Å². The number of aromatic nitrogens is 2. The van der Waals surface area contributed by atoms with E-state index >= 15 is 0 Å². The van der Waals surface area contributed by atoms with Crippen LogP contribution in [0.5, 0.6) is 5.75 Å². The van der Waals surface area contributed by atoms with E-state index in [0.29, 0.717) is 29.3 Å². The lowest BCUT2D eigenvalue weighted by Gasteiger charge is -2.08. The fourth-order valence-electron chi connectivity index (χ4n) is 3.15. The standard InChI is InChI=1S/C20H22N4O5S/c1-5-28-12-8-7-9-24-14(11(4)22-17(12)24)18(26)23-19-13(20(27)29-6-2)10(3)15(30-19)16(21)25/h7-9H,5-6H2,1-4H3,(H2,21,25)(H,23,26). The van der Waals surface area contributed by atoms with Gasteiger partial charge in [-0.1, -0.05) is 0 Å². The molecule has 0 radical (unpaired) electrons. The molecule has 3 aromatic heterocycles. The molecule has 2 amide bonds. The summed E-state index contributed by atoms with van der Waals surface area (Å²) in [5.41, 5.74) is 7.18. The zero-order valence-corrected chi connectivity index (χ0v) is 17.9. The number of ether oxygens (including phenoxy) is 2. The fourth-order valence-corrected chi connectivity index (χ4v) is 4.19. The molecule has 0 saturated carbocycles. The molecule has 0 unspecified atom stereocenters. The Kier molecular flexibility index (Phi) is 6.06. The molecule has 30 heavy (non-hydrogen) atoms.